The molecule has 0 saturated heterocycles. The molecule has 0 unspecified atom stereocenters. The Morgan fingerprint density at radius 3 is 2.38 bits per heavy atom. The minimum absolute atomic E-state index is 0.521. The molecule has 0 fully saturated rings. The van der Waals surface area contributed by atoms with Gasteiger partial charge in [0.15, 0.2) is 0 Å². The fourth-order valence-electron chi connectivity index (χ4n) is 3.31. The molecule has 4 rings (SSSR count). The predicted octanol–water partition coefficient (Wildman–Crippen LogP) is 5.36. The molecule has 0 saturated carbocycles. The van der Waals surface area contributed by atoms with Crippen LogP contribution in [0.4, 0.5) is 28.8 Å². The van der Waals surface area contributed by atoms with Gasteiger partial charge in [0.05, 0.1) is 11.2 Å². The van der Waals surface area contributed by atoms with Crippen LogP contribution < -0.4 is 15.5 Å². The molecule has 2 N–H and O–H groups in total. The second-order valence-electron chi connectivity index (χ2n) is 6.62. The van der Waals surface area contributed by atoms with Gasteiger partial charge in [0.2, 0.25) is 5.95 Å². The third-order valence-electron chi connectivity index (χ3n) is 4.80. The maximum absolute atomic E-state index is 4.59. The molecule has 6 heteroatoms. The number of nitrogens with zero attached hydrogens (tertiary/aromatic N) is 4. The fourth-order valence-corrected chi connectivity index (χ4v) is 3.31. The maximum Gasteiger partial charge on any atom is 0.229 e. The van der Waals surface area contributed by atoms with Gasteiger partial charge in [-0.2, -0.15) is 4.98 Å². The van der Waals surface area contributed by atoms with Gasteiger partial charge in [-0.3, -0.25) is 4.98 Å². The first-order valence-corrected chi connectivity index (χ1v) is 9.82. The van der Waals surface area contributed by atoms with Crippen molar-refractivity contribution in [3.63, 3.8) is 0 Å². The zero-order chi connectivity index (χ0) is 20.1. The van der Waals surface area contributed by atoms with E-state index in [1.807, 2.05) is 36.4 Å². The second-order valence-corrected chi connectivity index (χ2v) is 6.62. The third-order valence-corrected chi connectivity index (χ3v) is 4.80. The Bertz CT molecular complexity index is 1080. The summed E-state index contributed by atoms with van der Waals surface area (Å²) in [7, 11) is 0. The van der Waals surface area contributed by atoms with Crippen molar-refractivity contribution in [1.29, 1.82) is 0 Å². The van der Waals surface area contributed by atoms with E-state index in [0.717, 1.165) is 41.2 Å². The summed E-state index contributed by atoms with van der Waals surface area (Å²) in [6, 6.07) is 20.2. The van der Waals surface area contributed by atoms with E-state index in [4.69, 9.17) is 0 Å². The third kappa shape index (κ3) is 4.27. The Hall–Kier alpha value is -3.67. The summed E-state index contributed by atoms with van der Waals surface area (Å²) < 4.78 is 0. The van der Waals surface area contributed by atoms with E-state index >= 15 is 0 Å². The van der Waals surface area contributed by atoms with Crippen molar-refractivity contribution in [3.8, 4) is 0 Å². The van der Waals surface area contributed by atoms with Crippen LogP contribution in [0.5, 0.6) is 0 Å². The monoisotopic (exact) mass is 384 g/mol. The molecule has 6 nitrogen and oxygen atoms in total. The van der Waals surface area contributed by atoms with Crippen molar-refractivity contribution in [2.75, 3.05) is 28.6 Å². The Kier molecular flexibility index (Phi) is 5.52. The Labute approximate surface area is 170 Å². The van der Waals surface area contributed by atoms with E-state index in [-0.39, 0.29) is 0 Å². The first-order chi connectivity index (χ1) is 14.3. The molecule has 146 valence electrons. The van der Waals surface area contributed by atoms with Gasteiger partial charge >= 0.3 is 0 Å². The normalized spacial score (nSPS) is 10.7. The number of benzene rings is 2. The van der Waals surface area contributed by atoms with Gasteiger partial charge < -0.3 is 15.5 Å². The topological polar surface area (TPSA) is 66.0 Å². The number of fused-ring (bicyclic) bond motifs is 1. The number of aromatic nitrogens is 3. The lowest BCUT2D eigenvalue weighted by molar-refractivity contribution is 0.866. The average Bonchev–Trinajstić information content (AvgIpc) is 2.76. The Balaban J connectivity index is 1.52. The largest absolute Gasteiger partial charge is 0.372 e. The first-order valence-electron chi connectivity index (χ1n) is 9.82. The minimum atomic E-state index is 0.521. The lowest BCUT2D eigenvalue weighted by Crippen LogP contribution is -2.21. The summed E-state index contributed by atoms with van der Waals surface area (Å²) in [5, 5.41) is 7.69. The highest BCUT2D eigenvalue weighted by Crippen LogP contribution is 2.24. The minimum Gasteiger partial charge on any atom is -0.372 e. The molecule has 0 aliphatic heterocycles. The van der Waals surface area contributed by atoms with Crippen LogP contribution in [0.1, 0.15) is 13.8 Å². The van der Waals surface area contributed by atoms with Crippen LogP contribution in [0, 0.1) is 0 Å². The van der Waals surface area contributed by atoms with Gasteiger partial charge in [0.1, 0.15) is 5.82 Å². The maximum atomic E-state index is 4.59. The van der Waals surface area contributed by atoms with Crippen LogP contribution in [-0.2, 0) is 0 Å². The van der Waals surface area contributed by atoms with E-state index in [0.29, 0.717) is 5.95 Å². The number of pyridine rings is 1. The van der Waals surface area contributed by atoms with Crippen LogP contribution >= 0.6 is 0 Å². The van der Waals surface area contributed by atoms with E-state index in [9.17, 15) is 0 Å². The zero-order valence-electron chi connectivity index (χ0n) is 16.6. The highest BCUT2D eigenvalue weighted by molar-refractivity contribution is 5.91. The van der Waals surface area contributed by atoms with Crippen molar-refractivity contribution in [2.45, 2.75) is 13.8 Å². The molecule has 0 radical (unpaired) electrons. The Morgan fingerprint density at radius 1 is 0.793 bits per heavy atom. The predicted molar refractivity (Wildman–Crippen MR) is 120 cm³/mol. The summed E-state index contributed by atoms with van der Waals surface area (Å²) >= 11 is 0. The van der Waals surface area contributed by atoms with Crippen LogP contribution in [0.25, 0.3) is 10.9 Å². The number of para-hydroxylation sites is 1. The molecular weight excluding hydrogens is 360 g/mol. The molecule has 0 bridgehead atoms. The van der Waals surface area contributed by atoms with Crippen molar-refractivity contribution in [1.82, 2.24) is 15.0 Å². The summed E-state index contributed by atoms with van der Waals surface area (Å²) in [6.45, 7) is 6.31. The van der Waals surface area contributed by atoms with Crippen LogP contribution in [0.3, 0.4) is 0 Å². The van der Waals surface area contributed by atoms with Crippen LogP contribution in [0.15, 0.2) is 73.1 Å². The molecule has 0 aliphatic rings. The molecule has 0 spiro atoms. The SMILES string of the molecule is CCN(CC)c1ccc(Nc2ccnc(Nc3cccc4cccnc34)n2)cc1. The van der Waals surface area contributed by atoms with Crippen molar-refractivity contribution >= 4 is 39.7 Å². The first kappa shape index (κ1) is 18.7. The van der Waals surface area contributed by atoms with Crippen LogP contribution in [-0.4, -0.2) is 28.0 Å². The van der Waals surface area contributed by atoms with Crippen molar-refractivity contribution < 1.29 is 0 Å². The lowest BCUT2D eigenvalue weighted by atomic mass is 10.2. The van der Waals surface area contributed by atoms with Gasteiger partial charge in [-0.25, -0.2) is 4.98 Å². The molecule has 2 aromatic carbocycles. The van der Waals surface area contributed by atoms with Gasteiger partial charge in [-0.15, -0.1) is 0 Å². The number of nitrogens with one attached hydrogen (secondary N) is 2. The average molecular weight is 384 g/mol. The van der Waals surface area contributed by atoms with Crippen LogP contribution in [0.2, 0.25) is 0 Å². The van der Waals surface area contributed by atoms with Crippen molar-refractivity contribution in [3.05, 3.63) is 73.1 Å². The summed E-state index contributed by atoms with van der Waals surface area (Å²) in [6.07, 6.45) is 3.52. The van der Waals surface area contributed by atoms with E-state index < -0.39 is 0 Å². The van der Waals surface area contributed by atoms with Crippen molar-refractivity contribution in [2.24, 2.45) is 0 Å². The van der Waals surface area contributed by atoms with Gasteiger partial charge in [0, 0.05) is 42.2 Å². The molecular formula is C23H24N6. The summed E-state index contributed by atoms with van der Waals surface area (Å²) in [5.74, 6) is 1.25. The zero-order valence-corrected chi connectivity index (χ0v) is 16.6. The lowest BCUT2D eigenvalue weighted by Gasteiger charge is -2.21. The summed E-state index contributed by atoms with van der Waals surface area (Å²) in [4.78, 5) is 15.7. The Morgan fingerprint density at radius 2 is 1.59 bits per heavy atom. The standard InChI is InChI=1S/C23H24N6/c1-3-29(4-2)19-12-10-18(11-13-19)26-21-14-16-25-23(28-21)27-20-9-5-7-17-8-6-15-24-22(17)20/h5-16H,3-4H2,1-2H3,(H2,25,26,27,28). The number of anilines is 5. The quantitative estimate of drug-likeness (QED) is 0.447. The molecule has 0 aliphatic carbocycles. The highest BCUT2D eigenvalue weighted by Gasteiger charge is 2.06. The second kappa shape index (κ2) is 8.56. The molecule has 4 aromatic rings. The van der Waals surface area contributed by atoms with Gasteiger partial charge in [0.25, 0.3) is 0 Å². The highest BCUT2D eigenvalue weighted by atomic mass is 15.1. The van der Waals surface area contributed by atoms with E-state index in [1.54, 1.807) is 12.4 Å². The molecule has 2 heterocycles. The fraction of sp³-hybridized carbons (Fsp3) is 0.174. The molecule has 0 amide bonds. The number of hydrogen-bond donors (Lipinski definition) is 2. The molecule has 2 aromatic heterocycles. The summed E-state index contributed by atoms with van der Waals surface area (Å²) in [5.41, 5.74) is 3.97. The number of hydrogen-bond acceptors (Lipinski definition) is 6. The van der Waals surface area contributed by atoms with E-state index in [2.05, 4.69) is 68.6 Å². The molecule has 29 heavy (non-hydrogen) atoms. The van der Waals surface area contributed by atoms with Gasteiger partial charge in [-0.05, 0) is 56.3 Å². The van der Waals surface area contributed by atoms with E-state index in [1.165, 1.54) is 5.69 Å². The van der Waals surface area contributed by atoms with Gasteiger partial charge in [-0.1, -0.05) is 18.2 Å². The molecule has 0 atom stereocenters. The smallest absolute Gasteiger partial charge is 0.229 e. The number of rotatable bonds is 7.